The van der Waals surface area contributed by atoms with Gasteiger partial charge in [-0.25, -0.2) is 4.79 Å². The Labute approximate surface area is 65.9 Å². The van der Waals surface area contributed by atoms with Crippen molar-refractivity contribution in [1.82, 2.24) is 5.32 Å². The lowest BCUT2D eigenvalue weighted by atomic mass is 10.2. The first-order chi connectivity index (χ1) is 5.24. The maximum atomic E-state index is 10.9. The van der Waals surface area contributed by atoms with Crippen molar-refractivity contribution < 1.29 is 14.3 Å². The number of carbonyl (C=O) groups is 1. The SMILES string of the molecule is COC(=O)[C@H]1CNC[C@H](C)O1. The minimum atomic E-state index is -0.427. The van der Waals surface area contributed by atoms with Crippen LogP contribution in [0, 0.1) is 0 Å². The van der Waals surface area contributed by atoms with Crippen LogP contribution in [0.2, 0.25) is 0 Å². The van der Waals surface area contributed by atoms with Crippen LogP contribution in [0.25, 0.3) is 0 Å². The average Bonchev–Trinajstić information content (AvgIpc) is 2.03. The van der Waals surface area contributed by atoms with Gasteiger partial charge in [0.1, 0.15) is 0 Å². The molecular formula is C7H13NO3. The number of hydrogen-bond acceptors (Lipinski definition) is 4. The van der Waals surface area contributed by atoms with Gasteiger partial charge < -0.3 is 14.8 Å². The van der Waals surface area contributed by atoms with Crippen molar-refractivity contribution in [3.05, 3.63) is 0 Å². The third-order valence-corrected chi connectivity index (χ3v) is 1.62. The predicted octanol–water partition coefficient (Wildman–Crippen LogP) is -0.464. The molecule has 4 heteroatoms. The van der Waals surface area contributed by atoms with Crippen LogP contribution >= 0.6 is 0 Å². The number of carbonyl (C=O) groups excluding carboxylic acids is 1. The van der Waals surface area contributed by atoms with Gasteiger partial charge in [-0.05, 0) is 6.92 Å². The second kappa shape index (κ2) is 3.69. The van der Waals surface area contributed by atoms with Crippen LogP contribution in [0.3, 0.4) is 0 Å². The van der Waals surface area contributed by atoms with E-state index in [2.05, 4.69) is 10.1 Å². The van der Waals surface area contributed by atoms with E-state index in [1.807, 2.05) is 6.92 Å². The Bertz CT molecular complexity index is 149. The van der Waals surface area contributed by atoms with Crippen molar-refractivity contribution >= 4 is 5.97 Å². The van der Waals surface area contributed by atoms with Gasteiger partial charge in [0, 0.05) is 13.1 Å². The van der Waals surface area contributed by atoms with Gasteiger partial charge >= 0.3 is 5.97 Å². The Balaban J connectivity index is 2.39. The molecule has 0 bridgehead atoms. The summed E-state index contributed by atoms with van der Waals surface area (Å²) < 4.78 is 9.84. The van der Waals surface area contributed by atoms with Gasteiger partial charge in [0.2, 0.25) is 0 Å². The second-order valence-electron chi connectivity index (χ2n) is 2.62. The van der Waals surface area contributed by atoms with Gasteiger partial charge in [-0.2, -0.15) is 0 Å². The smallest absolute Gasteiger partial charge is 0.336 e. The van der Waals surface area contributed by atoms with E-state index in [-0.39, 0.29) is 12.1 Å². The number of rotatable bonds is 1. The molecule has 1 aliphatic heterocycles. The molecule has 64 valence electrons. The molecule has 0 amide bonds. The summed E-state index contributed by atoms with van der Waals surface area (Å²) in [5, 5.41) is 3.07. The summed E-state index contributed by atoms with van der Waals surface area (Å²) in [7, 11) is 1.37. The van der Waals surface area contributed by atoms with Crippen molar-refractivity contribution in [2.45, 2.75) is 19.1 Å². The molecule has 2 atom stereocenters. The quantitative estimate of drug-likeness (QED) is 0.526. The van der Waals surface area contributed by atoms with E-state index in [4.69, 9.17) is 4.74 Å². The minimum Gasteiger partial charge on any atom is -0.467 e. The Morgan fingerprint density at radius 1 is 1.64 bits per heavy atom. The van der Waals surface area contributed by atoms with Gasteiger partial charge in [-0.3, -0.25) is 0 Å². The van der Waals surface area contributed by atoms with Gasteiger partial charge in [-0.15, -0.1) is 0 Å². The summed E-state index contributed by atoms with van der Waals surface area (Å²) in [5.74, 6) is -0.302. The van der Waals surface area contributed by atoms with Gasteiger partial charge in [-0.1, -0.05) is 0 Å². The molecule has 0 aromatic rings. The predicted molar refractivity (Wildman–Crippen MR) is 39.2 cm³/mol. The number of hydrogen-bond donors (Lipinski definition) is 1. The fraction of sp³-hybridized carbons (Fsp3) is 0.857. The van der Waals surface area contributed by atoms with Gasteiger partial charge in [0.05, 0.1) is 13.2 Å². The van der Waals surface area contributed by atoms with E-state index in [0.29, 0.717) is 6.54 Å². The molecule has 1 N–H and O–H groups in total. The Kier molecular flexibility index (Phi) is 2.84. The third kappa shape index (κ3) is 2.17. The standard InChI is InChI=1S/C7H13NO3/c1-5-3-8-4-6(11-5)7(9)10-2/h5-6,8H,3-4H2,1-2H3/t5-,6+/m0/s1. The molecule has 1 rings (SSSR count). The summed E-state index contributed by atoms with van der Waals surface area (Å²) >= 11 is 0. The lowest BCUT2D eigenvalue weighted by Crippen LogP contribution is -2.47. The zero-order chi connectivity index (χ0) is 8.27. The summed E-state index contributed by atoms with van der Waals surface area (Å²) in [6, 6.07) is 0. The van der Waals surface area contributed by atoms with Crippen molar-refractivity contribution in [3.63, 3.8) is 0 Å². The van der Waals surface area contributed by atoms with Crippen molar-refractivity contribution in [2.24, 2.45) is 0 Å². The molecule has 0 aromatic carbocycles. The van der Waals surface area contributed by atoms with Gasteiger partial charge in [0.15, 0.2) is 6.10 Å². The van der Waals surface area contributed by atoms with E-state index in [9.17, 15) is 4.79 Å². The molecule has 1 heterocycles. The van der Waals surface area contributed by atoms with E-state index < -0.39 is 6.10 Å². The van der Waals surface area contributed by atoms with Crippen LogP contribution in [-0.2, 0) is 14.3 Å². The van der Waals surface area contributed by atoms with Crippen LogP contribution < -0.4 is 5.32 Å². The highest BCUT2D eigenvalue weighted by Crippen LogP contribution is 2.03. The van der Waals surface area contributed by atoms with E-state index in [1.54, 1.807) is 0 Å². The summed E-state index contributed by atoms with van der Waals surface area (Å²) in [4.78, 5) is 10.9. The summed E-state index contributed by atoms with van der Waals surface area (Å²) in [6.45, 7) is 3.27. The molecule has 4 nitrogen and oxygen atoms in total. The molecule has 0 saturated carbocycles. The topological polar surface area (TPSA) is 47.6 Å². The normalized spacial score (nSPS) is 31.5. The number of morpholine rings is 1. The minimum absolute atomic E-state index is 0.0906. The molecule has 11 heavy (non-hydrogen) atoms. The number of esters is 1. The molecule has 0 unspecified atom stereocenters. The first-order valence-corrected chi connectivity index (χ1v) is 3.68. The Morgan fingerprint density at radius 2 is 2.36 bits per heavy atom. The van der Waals surface area contributed by atoms with Crippen LogP contribution in [0.5, 0.6) is 0 Å². The zero-order valence-corrected chi connectivity index (χ0v) is 6.79. The van der Waals surface area contributed by atoms with E-state index in [0.717, 1.165) is 6.54 Å². The largest absolute Gasteiger partial charge is 0.467 e. The highest BCUT2D eigenvalue weighted by molar-refractivity contribution is 5.74. The highest BCUT2D eigenvalue weighted by atomic mass is 16.6. The number of nitrogens with one attached hydrogen (secondary N) is 1. The molecule has 1 aliphatic rings. The van der Waals surface area contributed by atoms with Crippen molar-refractivity contribution in [1.29, 1.82) is 0 Å². The fourth-order valence-corrected chi connectivity index (χ4v) is 1.06. The van der Waals surface area contributed by atoms with Crippen LogP contribution in [0.15, 0.2) is 0 Å². The fourth-order valence-electron chi connectivity index (χ4n) is 1.06. The molecule has 0 aliphatic carbocycles. The van der Waals surface area contributed by atoms with Crippen molar-refractivity contribution in [3.8, 4) is 0 Å². The first-order valence-electron chi connectivity index (χ1n) is 3.68. The molecular weight excluding hydrogens is 146 g/mol. The van der Waals surface area contributed by atoms with Crippen LogP contribution in [-0.4, -0.2) is 38.4 Å². The average molecular weight is 159 g/mol. The summed E-state index contributed by atoms with van der Waals surface area (Å²) in [5.41, 5.74) is 0. The first kappa shape index (κ1) is 8.49. The van der Waals surface area contributed by atoms with E-state index in [1.165, 1.54) is 7.11 Å². The van der Waals surface area contributed by atoms with Crippen LogP contribution in [0.1, 0.15) is 6.92 Å². The lowest BCUT2D eigenvalue weighted by molar-refractivity contribution is -0.159. The highest BCUT2D eigenvalue weighted by Gasteiger charge is 2.25. The van der Waals surface area contributed by atoms with Crippen LogP contribution in [0.4, 0.5) is 0 Å². The molecule has 1 saturated heterocycles. The van der Waals surface area contributed by atoms with Gasteiger partial charge in [0.25, 0.3) is 0 Å². The third-order valence-electron chi connectivity index (χ3n) is 1.62. The van der Waals surface area contributed by atoms with E-state index >= 15 is 0 Å². The Hall–Kier alpha value is -0.610. The molecule has 0 aromatic heterocycles. The maximum absolute atomic E-state index is 10.9. The Morgan fingerprint density at radius 3 is 2.91 bits per heavy atom. The molecule has 0 spiro atoms. The molecule has 1 fully saturated rings. The van der Waals surface area contributed by atoms with Crippen molar-refractivity contribution in [2.75, 3.05) is 20.2 Å². The molecule has 0 radical (unpaired) electrons. The summed E-state index contributed by atoms with van der Waals surface area (Å²) in [6.07, 6.45) is -0.336. The zero-order valence-electron chi connectivity index (χ0n) is 6.79. The maximum Gasteiger partial charge on any atom is 0.336 e. The second-order valence-corrected chi connectivity index (χ2v) is 2.62. The monoisotopic (exact) mass is 159 g/mol. The number of methoxy groups -OCH3 is 1. The number of ether oxygens (including phenoxy) is 2. The lowest BCUT2D eigenvalue weighted by Gasteiger charge is -2.26.